The fraction of sp³-hybridized carbons (Fsp3) is 0.353. The molecular formula is C17H19N3O3. The minimum Gasteiger partial charge on any atom is -0.481 e. The van der Waals surface area contributed by atoms with Crippen LogP contribution in [0.2, 0.25) is 0 Å². The van der Waals surface area contributed by atoms with Crippen LogP contribution in [0.5, 0.6) is 0 Å². The van der Waals surface area contributed by atoms with E-state index in [2.05, 4.69) is 5.10 Å². The van der Waals surface area contributed by atoms with E-state index >= 15 is 0 Å². The number of benzene rings is 1. The third kappa shape index (κ3) is 3.11. The zero-order chi connectivity index (χ0) is 16.4. The Morgan fingerprint density at radius 3 is 2.57 bits per heavy atom. The first-order chi connectivity index (χ1) is 11.1. The summed E-state index contributed by atoms with van der Waals surface area (Å²) in [6.45, 7) is 2.24. The van der Waals surface area contributed by atoms with E-state index in [1.165, 1.54) is 0 Å². The Kier molecular flexibility index (Phi) is 4.14. The molecular weight excluding hydrogens is 294 g/mol. The molecule has 2 heterocycles. The predicted octanol–water partition coefficient (Wildman–Crippen LogP) is 2.20. The van der Waals surface area contributed by atoms with E-state index in [1.807, 2.05) is 31.3 Å². The first-order valence-corrected chi connectivity index (χ1v) is 7.70. The van der Waals surface area contributed by atoms with Gasteiger partial charge in [-0.15, -0.1) is 0 Å². The number of nitrogens with zero attached hydrogens (tertiary/aromatic N) is 3. The Hall–Kier alpha value is -2.63. The third-order valence-electron chi connectivity index (χ3n) is 4.38. The van der Waals surface area contributed by atoms with Crippen molar-refractivity contribution in [1.82, 2.24) is 14.7 Å². The lowest BCUT2D eigenvalue weighted by atomic mass is 9.93. The van der Waals surface area contributed by atoms with E-state index in [0.29, 0.717) is 18.4 Å². The van der Waals surface area contributed by atoms with Crippen LogP contribution in [0.3, 0.4) is 0 Å². The van der Waals surface area contributed by atoms with Gasteiger partial charge in [0, 0.05) is 30.5 Å². The van der Waals surface area contributed by atoms with Crippen molar-refractivity contribution in [2.75, 3.05) is 6.54 Å². The molecule has 1 N–H and O–H groups in total. The number of carboxylic acids is 1. The average Bonchev–Trinajstić information content (AvgIpc) is 3.09. The number of rotatable bonds is 3. The van der Waals surface area contributed by atoms with E-state index in [9.17, 15) is 14.7 Å². The molecule has 1 aromatic heterocycles. The summed E-state index contributed by atoms with van der Waals surface area (Å²) < 4.78 is 1.72. The molecule has 0 aliphatic carbocycles. The summed E-state index contributed by atoms with van der Waals surface area (Å²) in [5.74, 6) is -1.42. The maximum absolute atomic E-state index is 12.7. The molecule has 1 saturated heterocycles. The second-order valence-corrected chi connectivity index (χ2v) is 5.92. The molecule has 0 saturated carbocycles. The molecule has 1 aliphatic heterocycles. The van der Waals surface area contributed by atoms with Crippen molar-refractivity contribution in [3.05, 3.63) is 48.3 Å². The standard InChI is InChI=1S/C17H19N3O3/c1-12-3-4-14(17(22)23)11-19(12)16(21)13-5-7-15(8-6-13)20-10-2-9-18-20/h2,5-10,12,14H,3-4,11H2,1H3,(H,22,23). The van der Waals surface area contributed by atoms with Gasteiger partial charge in [0.05, 0.1) is 11.6 Å². The lowest BCUT2D eigenvalue weighted by molar-refractivity contribution is -0.143. The average molecular weight is 313 g/mol. The molecule has 1 aliphatic rings. The number of aromatic nitrogens is 2. The lowest BCUT2D eigenvalue weighted by Gasteiger charge is -2.36. The molecule has 120 valence electrons. The number of carboxylic acid groups (broad SMARTS) is 1. The molecule has 2 aromatic rings. The zero-order valence-corrected chi connectivity index (χ0v) is 12.9. The van der Waals surface area contributed by atoms with Crippen molar-refractivity contribution < 1.29 is 14.7 Å². The third-order valence-corrected chi connectivity index (χ3v) is 4.38. The van der Waals surface area contributed by atoms with Crippen LogP contribution in [0, 0.1) is 5.92 Å². The van der Waals surface area contributed by atoms with Crippen LogP contribution in [0.25, 0.3) is 5.69 Å². The minimum absolute atomic E-state index is 0.0592. The van der Waals surface area contributed by atoms with Crippen molar-refractivity contribution in [1.29, 1.82) is 0 Å². The van der Waals surface area contributed by atoms with E-state index in [4.69, 9.17) is 0 Å². The fourth-order valence-corrected chi connectivity index (χ4v) is 2.94. The molecule has 2 atom stereocenters. The molecule has 0 bridgehead atoms. The topological polar surface area (TPSA) is 75.4 Å². The van der Waals surface area contributed by atoms with Crippen LogP contribution in [0.15, 0.2) is 42.7 Å². The SMILES string of the molecule is CC1CCC(C(=O)O)CN1C(=O)c1ccc(-n2cccn2)cc1. The summed E-state index contributed by atoms with van der Waals surface area (Å²) in [7, 11) is 0. The number of aliphatic carboxylic acids is 1. The number of hydrogen-bond acceptors (Lipinski definition) is 3. The Bertz CT molecular complexity index is 694. The van der Waals surface area contributed by atoms with Crippen LogP contribution in [0.4, 0.5) is 0 Å². The number of hydrogen-bond donors (Lipinski definition) is 1. The van der Waals surface area contributed by atoms with Crippen LogP contribution in [-0.4, -0.2) is 44.3 Å². The van der Waals surface area contributed by atoms with E-state index in [-0.39, 0.29) is 18.5 Å². The molecule has 0 radical (unpaired) electrons. The highest BCUT2D eigenvalue weighted by Gasteiger charge is 2.32. The number of amides is 1. The molecule has 0 spiro atoms. The van der Waals surface area contributed by atoms with Gasteiger partial charge in [-0.2, -0.15) is 5.10 Å². The quantitative estimate of drug-likeness (QED) is 0.942. The van der Waals surface area contributed by atoms with Crippen LogP contribution < -0.4 is 0 Å². The summed E-state index contributed by atoms with van der Waals surface area (Å²) in [6.07, 6.45) is 4.87. The Morgan fingerprint density at radius 1 is 1.22 bits per heavy atom. The van der Waals surface area contributed by atoms with E-state index in [1.54, 1.807) is 27.9 Å². The van der Waals surface area contributed by atoms with Gasteiger partial charge >= 0.3 is 5.97 Å². The maximum Gasteiger partial charge on any atom is 0.308 e. The van der Waals surface area contributed by atoms with E-state index < -0.39 is 11.9 Å². The summed E-state index contributed by atoms with van der Waals surface area (Å²) in [5, 5.41) is 13.3. The molecule has 1 aromatic carbocycles. The zero-order valence-electron chi connectivity index (χ0n) is 12.9. The van der Waals surface area contributed by atoms with Crippen molar-refractivity contribution in [3.63, 3.8) is 0 Å². The molecule has 6 heteroatoms. The van der Waals surface area contributed by atoms with E-state index in [0.717, 1.165) is 5.69 Å². The van der Waals surface area contributed by atoms with Gasteiger partial charge in [0.2, 0.25) is 0 Å². The van der Waals surface area contributed by atoms with Gasteiger partial charge in [0.25, 0.3) is 5.91 Å². The maximum atomic E-state index is 12.7. The van der Waals surface area contributed by atoms with Gasteiger partial charge < -0.3 is 10.0 Å². The Morgan fingerprint density at radius 2 is 1.96 bits per heavy atom. The van der Waals surface area contributed by atoms with Crippen LogP contribution in [-0.2, 0) is 4.79 Å². The second-order valence-electron chi connectivity index (χ2n) is 5.92. The minimum atomic E-state index is -0.830. The number of carbonyl (C=O) groups excluding carboxylic acids is 1. The van der Waals surface area contributed by atoms with Gasteiger partial charge in [-0.05, 0) is 50.1 Å². The van der Waals surface area contributed by atoms with Crippen molar-refractivity contribution in [2.24, 2.45) is 5.92 Å². The summed E-state index contributed by atoms with van der Waals surface area (Å²) in [5.41, 5.74) is 1.44. The summed E-state index contributed by atoms with van der Waals surface area (Å²) in [4.78, 5) is 25.6. The van der Waals surface area contributed by atoms with Gasteiger partial charge in [-0.25, -0.2) is 4.68 Å². The normalized spacial score (nSPS) is 21.2. The Labute approximate surface area is 134 Å². The highest BCUT2D eigenvalue weighted by Crippen LogP contribution is 2.24. The molecule has 1 amide bonds. The van der Waals surface area contributed by atoms with Crippen LogP contribution in [0.1, 0.15) is 30.1 Å². The highest BCUT2D eigenvalue weighted by atomic mass is 16.4. The fourth-order valence-electron chi connectivity index (χ4n) is 2.94. The molecule has 2 unspecified atom stereocenters. The molecule has 6 nitrogen and oxygen atoms in total. The Balaban J connectivity index is 1.77. The van der Waals surface area contributed by atoms with Crippen molar-refractivity contribution in [3.8, 4) is 5.69 Å². The van der Waals surface area contributed by atoms with Crippen molar-refractivity contribution >= 4 is 11.9 Å². The summed E-state index contributed by atoms with van der Waals surface area (Å²) >= 11 is 0. The van der Waals surface area contributed by atoms with Crippen molar-refractivity contribution in [2.45, 2.75) is 25.8 Å². The molecule has 3 rings (SSSR count). The number of carbonyl (C=O) groups is 2. The predicted molar refractivity (Wildman–Crippen MR) is 84.4 cm³/mol. The monoisotopic (exact) mass is 313 g/mol. The highest BCUT2D eigenvalue weighted by molar-refractivity contribution is 5.95. The lowest BCUT2D eigenvalue weighted by Crippen LogP contribution is -2.47. The molecule has 23 heavy (non-hydrogen) atoms. The van der Waals surface area contributed by atoms with Gasteiger partial charge in [-0.3, -0.25) is 9.59 Å². The molecule has 1 fully saturated rings. The van der Waals surface area contributed by atoms with Crippen LogP contribution >= 0.6 is 0 Å². The first kappa shape index (κ1) is 15.3. The van der Waals surface area contributed by atoms with Gasteiger partial charge in [0.15, 0.2) is 0 Å². The van der Waals surface area contributed by atoms with Gasteiger partial charge in [-0.1, -0.05) is 0 Å². The number of likely N-dealkylation sites (tertiary alicyclic amines) is 1. The first-order valence-electron chi connectivity index (χ1n) is 7.70. The second kappa shape index (κ2) is 6.24. The largest absolute Gasteiger partial charge is 0.481 e. The smallest absolute Gasteiger partial charge is 0.308 e. The summed E-state index contributed by atoms with van der Waals surface area (Å²) in [6, 6.07) is 9.09. The number of piperidine rings is 1. The van der Waals surface area contributed by atoms with Gasteiger partial charge in [0.1, 0.15) is 0 Å².